The Kier molecular flexibility index (Phi) is 3.72. The van der Waals surface area contributed by atoms with Gasteiger partial charge in [-0.3, -0.25) is 5.10 Å². The summed E-state index contributed by atoms with van der Waals surface area (Å²) in [6.45, 7) is 1.67. The first kappa shape index (κ1) is 14.8. The molecule has 0 atom stereocenters. The van der Waals surface area contributed by atoms with Crippen LogP contribution in [0.3, 0.4) is 0 Å². The topological polar surface area (TPSA) is 28.7 Å². The lowest BCUT2D eigenvalue weighted by molar-refractivity contribution is -0.137. The number of aryl methyl sites for hydroxylation is 1. The van der Waals surface area contributed by atoms with Crippen LogP contribution in [-0.4, -0.2) is 10.2 Å². The molecule has 1 heterocycles. The molecule has 20 heavy (non-hydrogen) atoms. The van der Waals surface area contributed by atoms with E-state index in [9.17, 15) is 13.2 Å². The van der Waals surface area contributed by atoms with Crippen molar-refractivity contribution in [3.63, 3.8) is 0 Å². The van der Waals surface area contributed by atoms with Gasteiger partial charge in [-0.2, -0.15) is 18.3 Å². The van der Waals surface area contributed by atoms with Crippen molar-refractivity contribution in [2.75, 3.05) is 0 Å². The van der Waals surface area contributed by atoms with Gasteiger partial charge in [0.05, 0.1) is 32.6 Å². The van der Waals surface area contributed by atoms with Crippen molar-refractivity contribution in [1.29, 1.82) is 0 Å². The number of H-pyrrole nitrogens is 1. The van der Waals surface area contributed by atoms with E-state index in [-0.39, 0.29) is 15.6 Å². The molecule has 0 unspecified atom stereocenters. The Morgan fingerprint density at radius 2 is 1.80 bits per heavy atom. The molecule has 0 saturated heterocycles. The van der Waals surface area contributed by atoms with Crippen molar-refractivity contribution >= 4 is 23.2 Å². The Morgan fingerprint density at radius 1 is 1.25 bits per heavy atom. The highest BCUT2D eigenvalue weighted by Crippen LogP contribution is 2.41. The molecule has 0 aliphatic carbocycles. The molecule has 0 amide bonds. The Bertz CT molecular complexity index is 688. The fourth-order valence-corrected chi connectivity index (χ4v) is 2.44. The van der Waals surface area contributed by atoms with Crippen LogP contribution in [0.5, 0.6) is 0 Å². The standard InChI is InChI=1S/C13H7Cl2F3N2/c1-3-8-6(2)19-20-12(8)11-9(14)4-7(5-10(11)15)13(16,17)18/h1,4-5H,2H3,(H,19,20). The summed E-state index contributed by atoms with van der Waals surface area (Å²) in [5.74, 6) is 2.41. The number of aromatic amines is 1. The monoisotopic (exact) mass is 318 g/mol. The van der Waals surface area contributed by atoms with Gasteiger partial charge in [0.15, 0.2) is 0 Å². The van der Waals surface area contributed by atoms with Crippen molar-refractivity contribution in [2.45, 2.75) is 13.1 Å². The number of benzene rings is 1. The molecule has 1 aromatic carbocycles. The van der Waals surface area contributed by atoms with Gasteiger partial charge in [0.1, 0.15) is 0 Å². The van der Waals surface area contributed by atoms with Crippen LogP contribution in [0.2, 0.25) is 10.0 Å². The van der Waals surface area contributed by atoms with Gasteiger partial charge in [0.25, 0.3) is 0 Å². The zero-order valence-electron chi connectivity index (χ0n) is 10.1. The second kappa shape index (κ2) is 5.04. The molecule has 0 radical (unpaired) electrons. The summed E-state index contributed by atoms with van der Waals surface area (Å²) in [7, 11) is 0. The molecule has 0 saturated carbocycles. The molecule has 2 nitrogen and oxygen atoms in total. The summed E-state index contributed by atoms with van der Waals surface area (Å²) in [4.78, 5) is 0. The van der Waals surface area contributed by atoms with Crippen molar-refractivity contribution < 1.29 is 13.2 Å². The van der Waals surface area contributed by atoms with E-state index >= 15 is 0 Å². The number of alkyl halides is 3. The van der Waals surface area contributed by atoms with E-state index in [1.807, 2.05) is 0 Å². The second-order valence-electron chi connectivity index (χ2n) is 4.02. The van der Waals surface area contributed by atoms with E-state index in [0.717, 1.165) is 12.1 Å². The van der Waals surface area contributed by atoms with Gasteiger partial charge in [0.2, 0.25) is 0 Å². The Balaban J connectivity index is 2.68. The predicted molar refractivity (Wildman–Crippen MR) is 71.7 cm³/mol. The summed E-state index contributed by atoms with van der Waals surface area (Å²) in [5.41, 5.74) is 0.557. The lowest BCUT2D eigenvalue weighted by Gasteiger charge is -2.11. The number of terminal acetylenes is 1. The normalized spacial score (nSPS) is 11.4. The first-order chi connectivity index (χ1) is 9.25. The summed E-state index contributed by atoms with van der Waals surface area (Å²) in [5, 5.41) is 6.25. The molecular weight excluding hydrogens is 312 g/mol. The van der Waals surface area contributed by atoms with Gasteiger partial charge < -0.3 is 0 Å². The number of hydrogen-bond donors (Lipinski definition) is 1. The molecule has 0 spiro atoms. The molecular formula is C13H7Cl2F3N2. The van der Waals surface area contributed by atoms with Gasteiger partial charge in [-0.05, 0) is 19.1 Å². The predicted octanol–water partition coefficient (Wildman–Crippen LogP) is 4.69. The van der Waals surface area contributed by atoms with Crippen molar-refractivity contribution in [3.8, 4) is 23.6 Å². The lowest BCUT2D eigenvalue weighted by atomic mass is 10.0. The van der Waals surface area contributed by atoms with Crippen LogP contribution in [0.4, 0.5) is 13.2 Å². The van der Waals surface area contributed by atoms with Gasteiger partial charge in [-0.15, -0.1) is 6.42 Å². The average molecular weight is 319 g/mol. The van der Waals surface area contributed by atoms with Crippen LogP contribution in [0.1, 0.15) is 16.8 Å². The van der Waals surface area contributed by atoms with Gasteiger partial charge in [0, 0.05) is 5.56 Å². The first-order valence-corrected chi connectivity index (χ1v) is 6.09. The maximum Gasteiger partial charge on any atom is 0.416 e. The lowest BCUT2D eigenvalue weighted by Crippen LogP contribution is -2.05. The SMILES string of the molecule is C#Cc1c(C)n[nH]c1-c1c(Cl)cc(C(F)(F)F)cc1Cl. The van der Waals surface area contributed by atoms with Gasteiger partial charge in [-0.25, -0.2) is 0 Å². The molecule has 0 aliphatic heterocycles. The summed E-state index contributed by atoms with van der Waals surface area (Å²) in [6, 6.07) is 1.61. The van der Waals surface area contributed by atoms with E-state index in [4.69, 9.17) is 29.6 Å². The Morgan fingerprint density at radius 3 is 2.25 bits per heavy atom. The molecule has 7 heteroatoms. The van der Waals surface area contributed by atoms with Crippen LogP contribution >= 0.6 is 23.2 Å². The number of aromatic nitrogens is 2. The maximum atomic E-state index is 12.7. The highest BCUT2D eigenvalue weighted by Gasteiger charge is 2.32. The third kappa shape index (κ3) is 2.49. The maximum absolute atomic E-state index is 12.7. The van der Waals surface area contributed by atoms with Gasteiger partial charge in [-0.1, -0.05) is 29.1 Å². The molecule has 1 aromatic heterocycles. The fourth-order valence-electron chi connectivity index (χ4n) is 1.77. The van der Waals surface area contributed by atoms with Crippen molar-refractivity contribution in [2.24, 2.45) is 0 Å². The second-order valence-corrected chi connectivity index (χ2v) is 4.83. The van der Waals surface area contributed by atoms with Crippen LogP contribution in [0.25, 0.3) is 11.3 Å². The van der Waals surface area contributed by atoms with E-state index < -0.39 is 11.7 Å². The zero-order chi connectivity index (χ0) is 15.1. The highest BCUT2D eigenvalue weighted by atomic mass is 35.5. The minimum absolute atomic E-state index is 0.148. The first-order valence-electron chi connectivity index (χ1n) is 5.34. The number of nitrogens with one attached hydrogen (secondary N) is 1. The van der Waals surface area contributed by atoms with Crippen LogP contribution in [0, 0.1) is 19.3 Å². The molecule has 2 rings (SSSR count). The molecule has 0 aliphatic rings. The van der Waals surface area contributed by atoms with E-state index in [1.165, 1.54) is 0 Å². The van der Waals surface area contributed by atoms with Crippen LogP contribution in [0.15, 0.2) is 12.1 Å². The van der Waals surface area contributed by atoms with Crippen molar-refractivity contribution in [1.82, 2.24) is 10.2 Å². The van der Waals surface area contributed by atoms with Crippen LogP contribution in [-0.2, 0) is 6.18 Å². The summed E-state index contributed by atoms with van der Waals surface area (Å²) < 4.78 is 38.0. The fraction of sp³-hybridized carbons (Fsp3) is 0.154. The minimum Gasteiger partial charge on any atom is -0.276 e. The van der Waals surface area contributed by atoms with E-state index in [2.05, 4.69) is 16.1 Å². The third-order valence-electron chi connectivity index (χ3n) is 2.71. The Labute approximate surface area is 122 Å². The van der Waals surface area contributed by atoms with Gasteiger partial charge >= 0.3 is 6.18 Å². The van der Waals surface area contributed by atoms with Crippen LogP contribution < -0.4 is 0 Å². The number of hydrogen-bond acceptors (Lipinski definition) is 1. The highest BCUT2D eigenvalue weighted by molar-refractivity contribution is 6.39. The van der Waals surface area contributed by atoms with E-state index in [0.29, 0.717) is 17.0 Å². The minimum atomic E-state index is -4.52. The molecule has 1 N–H and O–H groups in total. The largest absolute Gasteiger partial charge is 0.416 e. The summed E-state index contributed by atoms with van der Waals surface area (Å²) >= 11 is 11.8. The summed E-state index contributed by atoms with van der Waals surface area (Å²) in [6.07, 6.45) is 0.833. The van der Waals surface area contributed by atoms with E-state index in [1.54, 1.807) is 6.92 Å². The quantitative estimate of drug-likeness (QED) is 0.759. The average Bonchev–Trinajstić information content (AvgIpc) is 2.68. The Hall–Kier alpha value is -1.64. The smallest absolute Gasteiger partial charge is 0.276 e. The number of halogens is 5. The zero-order valence-corrected chi connectivity index (χ0v) is 11.6. The number of nitrogens with zero attached hydrogens (tertiary/aromatic N) is 1. The molecule has 0 bridgehead atoms. The molecule has 2 aromatic rings. The molecule has 104 valence electrons. The molecule has 0 fully saturated rings. The third-order valence-corrected chi connectivity index (χ3v) is 3.31. The van der Waals surface area contributed by atoms with Crippen molar-refractivity contribution in [3.05, 3.63) is 39.0 Å². The number of rotatable bonds is 1.